The number of nitrogens with zero attached hydrogens (tertiary/aromatic N) is 2. The molecular weight excluding hydrogens is 340 g/mol. The summed E-state index contributed by atoms with van der Waals surface area (Å²) in [5, 5.41) is 9.62. The molecule has 0 aliphatic heterocycles. The van der Waals surface area contributed by atoms with Gasteiger partial charge in [-0.1, -0.05) is 44.2 Å². The van der Waals surface area contributed by atoms with Crippen LogP contribution in [0.2, 0.25) is 0 Å². The summed E-state index contributed by atoms with van der Waals surface area (Å²) in [6, 6.07) is 9.85. The van der Waals surface area contributed by atoms with E-state index in [1.807, 2.05) is 37.3 Å². The SMILES string of the molecule is COc1nc(-c2ccccc2)nc2c1CC[C@H]1[C@H](C)C(=O)/C(=C\O)C[C@]21C. The van der Waals surface area contributed by atoms with E-state index >= 15 is 0 Å². The highest BCUT2D eigenvalue weighted by Crippen LogP contribution is 2.53. The van der Waals surface area contributed by atoms with Crippen molar-refractivity contribution in [1.29, 1.82) is 0 Å². The second-order valence-electron chi connectivity index (χ2n) is 7.80. The lowest BCUT2D eigenvalue weighted by atomic mass is 9.55. The number of carbonyl (C=O) groups is 1. The number of allylic oxidation sites excluding steroid dienone is 1. The highest BCUT2D eigenvalue weighted by atomic mass is 16.5. The van der Waals surface area contributed by atoms with Crippen molar-refractivity contribution in [2.45, 2.75) is 38.5 Å². The molecule has 5 heteroatoms. The van der Waals surface area contributed by atoms with E-state index in [4.69, 9.17) is 9.72 Å². The predicted molar refractivity (Wildman–Crippen MR) is 103 cm³/mol. The Morgan fingerprint density at radius 1 is 1.26 bits per heavy atom. The molecule has 5 nitrogen and oxygen atoms in total. The number of rotatable bonds is 2. The number of Topliss-reactive ketones (excluding diaryl/α,β-unsaturated/α-hetero) is 1. The smallest absolute Gasteiger partial charge is 0.220 e. The van der Waals surface area contributed by atoms with Gasteiger partial charge in [-0.15, -0.1) is 0 Å². The fourth-order valence-corrected chi connectivity index (χ4v) is 4.92. The van der Waals surface area contributed by atoms with Crippen molar-refractivity contribution >= 4 is 5.78 Å². The van der Waals surface area contributed by atoms with E-state index in [0.717, 1.165) is 35.9 Å². The number of hydrogen-bond donors (Lipinski definition) is 1. The van der Waals surface area contributed by atoms with Gasteiger partial charge in [-0.25, -0.2) is 4.98 Å². The average Bonchev–Trinajstić information content (AvgIpc) is 2.70. The fourth-order valence-electron chi connectivity index (χ4n) is 4.92. The maximum atomic E-state index is 12.6. The van der Waals surface area contributed by atoms with Crippen LogP contribution >= 0.6 is 0 Å². The molecule has 0 radical (unpaired) electrons. The maximum absolute atomic E-state index is 12.6. The Labute approximate surface area is 159 Å². The Balaban J connectivity index is 1.92. The van der Waals surface area contributed by atoms with Crippen molar-refractivity contribution in [3.05, 3.63) is 53.4 Å². The summed E-state index contributed by atoms with van der Waals surface area (Å²) >= 11 is 0. The van der Waals surface area contributed by atoms with Gasteiger partial charge in [0, 0.05) is 28.0 Å². The molecule has 2 aromatic rings. The first-order valence-electron chi connectivity index (χ1n) is 9.38. The number of methoxy groups -OCH3 is 1. The second kappa shape index (κ2) is 6.48. The summed E-state index contributed by atoms with van der Waals surface area (Å²) in [5.74, 6) is 1.33. The Kier molecular flexibility index (Phi) is 4.25. The van der Waals surface area contributed by atoms with Crippen LogP contribution < -0.4 is 4.74 Å². The zero-order valence-corrected chi connectivity index (χ0v) is 15.9. The van der Waals surface area contributed by atoms with Crippen LogP contribution in [0, 0.1) is 11.8 Å². The van der Waals surface area contributed by atoms with Crippen molar-refractivity contribution in [1.82, 2.24) is 9.97 Å². The van der Waals surface area contributed by atoms with E-state index < -0.39 is 0 Å². The monoisotopic (exact) mass is 364 g/mol. The Hall–Kier alpha value is -2.69. The molecule has 0 spiro atoms. The number of ketones is 1. The number of ether oxygens (including phenoxy) is 1. The molecule has 0 amide bonds. The third-order valence-electron chi connectivity index (χ3n) is 6.31. The van der Waals surface area contributed by atoms with Gasteiger partial charge in [-0.05, 0) is 25.2 Å². The molecular formula is C22H24N2O3. The van der Waals surface area contributed by atoms with E-state index in [-0.39, 0.29) is 23.0 Å². The van der Waals surface area contributed by atoms with E-state index in [1.54, 1.807) is 7.11 Å². The molecule has 3 atom stereocenters. The van der Waals surface area contributed by atoms with Crippen molar-refractivity contribution in [2.75, 3.05) is 7.11 Å². The van der Waals surface area contributed by atoms with Gasteiger partial charge in [-0.2, -0.15) is 4.98 Å². The topological polar surface area (TPSA) is 72.3 Å². The lowest BCUT2D eigenvalue weighted by Crippen LogP contribution is -2.48. The first-order valence-corrected chi connectivity index (χ1v) is 9.38. The van der Waals surface area contributed by atoms with Crippen LogP contribution in [-0.2, 0) is 16.6 Å². The molecule has 140 valence electrons. The van der Waals surface area contributed by atoms with Gasteiger partial charge in [-0.3, -0.25) is 4.79 Å². The van der Waals surface area contributed by atoms with Crippen LogP contribution in [0.4, 0.5) is 0 Å². The van der Waals surface area contributed by atoms with Crippen molar-refractivity contribution in [3.63, 3.8) is 0 Å². The van der Waals surface area contributed by atoms with Crippen LogP contribution in [0.1, 0.15) is 37.9 Å². The zero-order chi connectivity index (χ0) is 19.2. The van der Waals surface area contributed by atoms with Gasteiger partial charge in [0.2, 0.25) is 5.88 Å². The molecule has 0 unspecified atom stereocenters. The minimum Gasteiger partial charge on any atom is -0.515 e. The first-order chi connectivity index (χ1) is 13.0. The zero-order valence-electron chi connectivity index (χ0n) is 15.9. The van der Waals surface area contributed by atoms with Crippen molar-refractivity contribution < 1.29 is 14.6 Å². The summed E-state index contributed by atoms with van der Waals surface area (Å²) in [4.78, 5) is 22.2. The van der Waals surface area contributed by atoms with E-state index in [1.165, 1.54) is 0 Å². The number of carbonyl (C=O) groups excluding carboxylic acids is 1. The summed E-state index contributed by atoms with van der Waals surface area (Å²) in [7, 11) is 1.64. The van der Waals surface area contributed by atoms with Crippen LogP contribution in [0.5, 0.6) is 5.88 Å². The van der Waals surface area contributed by atoms with Gasteiger partial charge in [0.05, 0.1) is 19.1 Å². The van der Waals surface area contributed by atoms with Crippen LogP contribution in [-0.4, -0.2) is 28.0 Å². The Bertz CT molecular complexity index is 923. The molecule has 1 heterocycles. The number of benzene rings is 1. The molecule has 4 rings (SSSR count). The number of hydrogen-bond acceptors (Lipinski definition) is 5. The van der Waals surface area contributed by atoms with Gasteiger partial charge < -0.3 is 9.84 Å². The lowest BCUT2D eigenvalue weighted by molar-refractivity contribution is -0.124. The normalized spacial score (nSPS) is 28.6. The molecule has 2 aliphatic rings. The van der Waals surface area contributed by atoms with Crippen molar-refractivity contribution in [3.8, 4) is 17.3 Å². The van der Waals surface area contributed by atoms with E-state index in [0.29, 0.717) is 23.7 Å². The van der Waals surface area contributed by atoms with Crippen LogP contribution in [0.3, 0.4) is 0 Å². The highest BCUT2D eigenvalue weighted by molar-refractivity contribution is 5.98. The standard InChI is InChI=1S/C22H24N2O3/c1-13-17-10-9-16-19(22(17,2)11-15(12-25)18(13)26)23-20(24-21(16)27-3)14-7-5-4-6-8-14/h4-8,12-13,17,25H,9-11H2,1-3H3/b15-12-/t13-,17-,22-/m0/s1. The lowest BCUT2D eigenvalue weighted by Gasteiger charge is -2.48. The Morgan fingerprint density at radius 3 is 2.67 bits per heavy atom. The van der Waals surface area contributed by atoms with Crippen molar-refractivity contribution in [2.24, 2.45) is 11.8 Å². The van der Waals surface area contributed by atoms with E-state index in [2.05, 4.69) is 11.9 Å². The minimum absolute atomic E-state index is 0.0488. The molecule has 1 fully saturated rings. The summed E-state index contributed by atoms with van der Waals surface area (Å²) in [6.45, 7) is 4.12. The fraction of sp³-hybridized carbons (Fsp3) is 0.409. The molecule has 1 aromatic heterocycles. The summed E-state index contributed by atoms with van der Waals surface area (Å²) in [5.41, 5.74) is 3.04. The number of aliphatic hydroxyl groups excluding tert-OH is 1. The highest BCUT2D eigenvalue weighted by Gasteiger charge is 2.51. The molecule has 1 saturated carbocycles. The van der Waals surface area contributed by atoms with Crippen LogP contribution in [0.15, 0.2) is 42.2 Å². The average molecular weight is 364 g/mol. The summed E-state index contributed by atoms with van der Waals surface area (Å²) < 4.78 is 5.62. The molecule has 1 aromatic carbocycles. The summed E-state index contributed by atoms with van der Waals surface area (Å²) in [6.07, 6.45) is 3.15. The molecule has 2 aliphatic carbocycles. The van der Waals surface area contributed by atoms with E-state index in [9.17, 15) is 9.90 Å². The van der Waals surface area contributed by atoms with Gasteiger partial charge in [0.1, 0.15) is 0 Å². The third-order valence-corrected chi connectivity index (χ3v) is 6.31. The molecule has 1 N–H and O–H groups in total. The molecule has 0 saturated heterocycles. The number of aliphatic hydroxyl groups is 1. The molecule has 27 heavy (non-hydrogen) atoms. The predicted octanol–water partition coefficient (Wildman–Crippen LogP) is 4.02. The quantitative estimate of drug-likeness (QED) is 0.643. The third kappa shape index (κ3) is 2.64. The van der Waals surface area contributed by atoms with Gasteiger partial charge in [0.15, 0.2) is 11.6 Å². The van der Waals surface area contributed by atoms with Gasteiger partial charge in [0.25, 0.3) is 0 Å². The molecule has 0 bridgehead atoms. The number of fused-ring (bicyclic) bond motifs is 3. The van der Waals surface area contributed by atoms with Crippen LogP contribution in [0.25, 0.3) is 11.4 Å². The first kappa shape index (κ1) is 17.7. The van der Waals surface area contributed by atoms with Gasteiger partial charge >= 0.3 is 0 Å². The maximum Gasteiger partial charge on any atom is 0.220 e. The number of aromatic nitrogens is 2. The second-order valence-corrected chi connectivity index (χ2v) is 7.80. The minimum atomic E-state index is -0.338. The largest absolute Gasteiger partial charge is 0.515 e. The Morgan fingerprint density at radius 2 is 2.00 bits per heavy atom.